The summed E-state index contributed by atoms with van der Waals surface area (Å²) in [5.74, 6) is 0.0764. The first-order chi connectivity index (χ1) is 12.0. The molecule has 0 atom stereocenters. The third-order valence-corrected chi connectivity index (χ3v) is 4.50. The summed E-state index contributed by atoms with van der Waals surface area (Å²) >= 11 is 0. The molecule has 0 fully saturated rings. The minimum absolute atomic E-state index is 0.0633. The van der Waals surface area contributed by atoms with Crippen molar-refractivity contribution >= 4 is 27.3 Å². The van der Waals surface area contributed by atoms with Crippen LogP contribution in [-0.4, -0.2) is 26.2 Å². The number of fused-ring (bicyclic) bond motifs is 1. The summed E-state index contributed by atoms with van der Waals surface area (Å²) in [6.07, 6.45) is 1.38. The van der Waals surface area contributed by atoms with E-state index in [0.717, 1.165) is 5.75 Å². The number of aromatic nitrogens is 1. The summed E-state index contributed by atoms with van der Waals surface area (Å²) in [5, 5.41) is 3.75. The van der Waals surface area contributed by atoms with Crippen LogP contribution < -0.4 is 15.3 Å². The molecule has 0 saturated heterocycles. The van der Waals surface area contributed by atoms with Gasteiger partial charge in [0.2, 0.25) is 0 Å². The summed E-state index contributed by atoms with van der Waals surface area (Å²) in [5.41, 5.74) is 1.28. The fourth-order valence-electron chi connectivity index (χ4n) is 2.13. The molecule has 0 unspecified atom stereocenters. The van der Waals surface area contributed by atoms with Gasteiger partial charge in [-0.3, -0.25) is 4.98 Å². The molecule has 9 heteroatoms. The van der Waals surface area contributed by atoms with Gasteiger partial charge in [-0.1, -0.05) is 0 Å². The van der Waals surface area contributed by atoms with Crippen molar-refractivity contribution in [3.05, 3.63) is 58.6 Å². The third kappa shape index (κ3) is 3.89. The molecule has 8 nitrogen and oxygen atoms in total. The first kappa shape index (κ1) is 16.8. The Kier molecular flexibility index (Phi) is 4.57. The van der Waals surface area contributed by atoms with E-state index in [1.54, 1.807) is 24.3 Å². The van der Waals surface area contributed by atoms with Crippen molar-refractivity contribution in [2.75, 3.05) is 6.61 Å². The number of ether oxygens (including phenoxy) is 1. The molecular weight excluding hydrogens is 346 g/mol. The van der Waals surface area contributed by atoms with Gasteiger partial charge in [-0.25, -0.2) is 9.63 Å². The van der Waals surface area contributed by atoms with E-state index < -0.39 is 15.8 Å². The average Bonchev–Trinajstić information content (AvgIpc) is 2.96. The highest BCUT2D eigenvalue weighted by molar-refractivity contribution is 7.89. The van der Waals surface area contributed by atoms with Crippen molar-refractivity contribution in [1.82, 2.24) is 9.82 Å². The molecule has 130 valence electrons. The summed E-state index contributed by atoms with van der Waals surface area (Å²) < 4.78 is 34.7. The molecule has 3 rings (SSSR count). The number of nitrogens with one attached hydrogen (secondary N) is 2. The highest BCUT2D eigenvalue weighted by atomic mass is 32.2. The Morgan fingerprint density at radius 2 is 2.00 bits per heavy atom. The Morgan fingerprint density at radius 1 is 1.24 bits per heavy atom. The van der Waals surface area contributed by atoms with Gasteiger partial charge in [0.25, 0.3) is 10.0 Å². The van der Waals surface area contributed by atoms with Crippen LogP contribution in [0.4, 0.5) is 0 Å². The minimum atomic E-state index is -3.88. The van der Waals surface area contributed by atoms with Gasteiger partial charge in [-0.15, -0.1) is 0 Å². The van der Waals surface area contributed by atoms with E-state index in [1.807, 2.05) is 6.92 Å². The predicted molar refractivity (Wildman–Crippen MR) is 92.4 cm³/mol. The first-order valence-corrected chi connectivity index (χ1v) is 8.87. The third-order valence-electron chi connectivity index (χ3n) is 3.28. The van der Waals surface area contributed by atoms with Crippen molar-refractivity contribution < 1.29 is 17.6 Å². The van der Waals surface area contributed by atoms with Crippen LogP contribution in [-0.2, 0) is 10.0 Å². The smallest absolute Gasteiger partial charge is 0.417 e. The number of rotatable bonds is 6. The van der Waals surface area contributed by atoms with Crippen LogP contribution in [0.3, 0.4) is 0 Å². The Balaban J connectivity index is 1.74. The van der Waals surface area contributed by atoms with E-state index in [4.69, 9.17) is 9.15 Å². The van der Waals surface area contributed by atoms with Gasteiger partial charge in [-0.05, 0) is 48.9 Å². The summed E-state index contributed by atoms with van der Waals surface area (Å²) in [7, 11) is -3.88. The van der Waals surface area contributed by atoms with Crippen LogP contribution in [0.15, 0.2) is 61.7 Å². The maximum Gasteiger partial charge on any atom is 0.417 e. The standard InChI is InChI=1S/C16H15N3O5S/c1-2-23-12-5-3-11(4-6-12)10-17-19-25(21,22)13-7-8-14-15(9-13)24-16(20)18-14/h3-10,19H,2H2,1H3,(H,18,20)/b17-10+. The number of sulfonamides is 1. The van der Waals surface area contributed by atoms with Crippen LogP contribution in [0, 0.1) is 0 Å². The van der Waals surface area contributed by atoms with Gasteiger partial charge in [0.1, 0.15) is 5.75 Å². The van der Waals surface area contributed by atoms with E-state index >= 15 is 0 Å². The van der Waals surface area contributed by atoms with Gasteiger partial charge in [0.15, 0.2) is 5.58 Å². The molecule has 0 amide bonds. The number of hydrogen-bond donors (Lipinski definition) is 2. The van der Waals surface area contributed by atoms with Gasteiger partial charge in [0.05, 0.1) is 23.2 Å². The highest BCUT2D eigenvalue weighted by Crippen LogP contribution is 2.16. The van der Waals surface area contributed by atoms with E-state index in [0.29, 0.717) is 17.7 Å². The molecule has 0 saturated carbocycles. The maximum atomic E-state index is 12.2. The topological polar surface area (TPSA) is 114 Å². The molecule has 1 heterocycles. The minimum Gasteiger partial charge on any atom is -0.494 e. The summed E-state index contributed by atoms with van der Waals surface area (Å²) in [6, 6.07) is 11.1. The van der Waals surface area contributed by atoms with Crippen LogP contribution in [0.25, 0.3) is 11.1 Å². The number of hydrazone groups is 1. The monoisotopic (exact) mass is 361 g/mol. The molecule has 0 aliphatic rings. The molecule has 0 aliphatic carbocycles. The zero-order valence-corrected chi connectivity index (χ0v) is 14.0. The summed E-state index contributed by atoms with van der Waals surface area (Å²) in [6.45, 7) is 2.46. The van der Waals surface area contributed by atoms with E-state index in [9.17, 15) is 13.2 Å². The van der Waals surface area contributed by atoms with E-state index in [1.165, 1.54) is 24.4 Å². The number of nitrogens with zero attached hydrogens (tertiary/aromatic N) is 1. The predicted octanol–water partition coefficient (Wildman–Crippen LogP) is 1.83. The van der Waals surface area contributed by atoms with Crippen molar-refractivity contribution in [2.45, 2.75) is 11.8 Å². The van der Waals surface area contributed by atoms with Crippen molar-refractivity contribution in [3.63, 3.8) is 0 Å². The Morgan fingerprint density at radius 3 is 2.72 bits per heavy atom. The molecule has 0 radical (unpaired) electrons. The normalized spacial score (nSPS) is 11.9. The molecular formula is C16H15N3O5S. The lowest BCUT2D eigenvalue weighted by molar-refractivity contribution is 0.340. The second-order valence-electron chi connectivity index (χ2n) is 5.03. The number of aromatic amines is 1. The number of hydrogen-bond acceptors (Lipinski definition) is 6. The maximum absolute atomic E-state index is 12.2. The Labute approximate surface area is 143 Å². The zero-order valence-electron chi connectivity index (χ0n) is 13.2. The number of oxazole rings is 1. The average molecular weight is 361 g/mol. The number of H-pyrrole nitrogens is 1. The number of benzene rings is 2. The van der Waals surface area contributed by atoms with Gasteiger partial charge in [-0.2, -0.15) is 13.5 Å². The quantitative estimate of drug-likeness (QED) is 0.514. The molecule has 25 heavy (non-hydrogen) atoms. The fraction of sp³-hybridized carbons (Fsp3) is 0.125. The molecule has 0 bridgehead atoms. The van der Waals surface area contributed by atoms with Crippen molar-refractivity contribution in [3.8, 4) is 5.75 Å². The SMILES string of the molecule is CCOc1ccc(/C=N/NS(=O)(=O)c2ccc3[nH]c(=O)oc3c2)cc1. The van der Waals surface area contributed by atoms with Gasteiger partial charge < -0.3 is 9.15 Å². The lowest BCUT2D eigenvalue weighted by atomic mass is 10.2. The van der Waals surface area contributed by atoms with Crippen molar-refractivity contribution in [1.29, 1.82) is 0 Å². The highest BCUT2D eigenvalue weighted by Gasteiger charge is 2.14. The Bertz CT molecular complexity index is 1070. The second-order valence-corrected chi connectivity index (χ2v) is 6.69. The molecule has 2 N–H and O–H groups in total. The van der Waals surface area contributed by atoms with Crippen LogP contribution in [0.2, 0.25) is 0 Å². The molecule has 0 spiro atoms. The zero-order chi connectivity index (χ0) is 17.9. The van der Waals surface area contributed by atoms with Crippen molar-refractivity contribution in [2.24, 2.45) is 5.10 Å². The van der Waals surface area contributed by atoms with E-state index in [2.05, 4.69) is 14.9 Å². The fourth-order valence-corrected chi connectivity index (χ4v) is 2.94. The molecule has 3 aromatic rings. The van der Waals surface area contributed by atoms with Crippen LogP contribution in [0.5, 0.6) is 5.75 Å². The largest absolute Gasteiger partial charge is 0.494 e. The van der Waals surface area contributed by atoms with Gasteiger partial charge in [0, 0.05) is 6.07 Å². The van der Waals surface area contributed by atoms with Gasteiger partial charge >= 0.3 is 5.76 Å². The van der Waals surface area contributed by atoms with Crippen LogP contribution in [0.1, 0.15) is 12.5 Å². The van der Waals surface area contributed by atoms with Crippen LogP contribution >= 0.6 is 0 Å². The summed E-state index contributed by atoms with van der Waals surface area (Å²) in [4.78, 5) is 15.6. The molecule has 0 aliphatic heterocycles. The molecule has 2 aromatic carbocycles. The Hall–Kier alpha value is -3.07. The lowest BCUT2D eigenvalue weighted by Gasteiger charge is -2.03. The first-order valence-electron chi connectivity index (χ1n) is 7.38. The molecule has 1 aromatic heterocycles. The van der Waals surface area contributed by atoms with E-state index in [-0.39, 0.29) is 10.5 Å². The lowest BCUT2D eigenvalue weighted by Crippen LogP contribution is -2.18. The second kappa shape index (κ2) is 6.81.